The van der Waals surface area contributed by atoms with Crippen molar-refractivity contribution in [1.82, 2.24) is 9.55 Å². The number of hydrogen-bond donors (Lipinski definition) is 1. The molecule has 4 heteroatoms. The van der Waals surface area contributed by atoms with Gasteiger partial charge in [-0.1, -0.05) is 0 Å². The molecular weight excluding hydrogens is 205 g/mol. The summed E-state index contributed by atoms with van der Waals surface area (Å²) in [6.07, 6.45) is 4.37. The Hall–Kier alpha value is -1.68. The summed E-state index contributed by atoms with van der Waals surface area (Å²) in [5.74, 6) is -0.236. The fourth-order valence-electron chi connectivity index (χ4n) is 1.55. The maximum Gasteiger partial charge on any atom is 0.123 e. The van der Waals surface area contributed by atoms with Gasteiger partial charge in [0.25, 0.3) is 0 Å². The summed E-state index contributed by atoms with van der Waals surface area (Å²) in [7, 11) is 0. The molecule has 0 aliphatic rings. The lowest BCUT2D eigenvalue weighted by Crippen LogP contribution is -2.17. The van der Waals surface area contributed by atoms with Crippen molar-refractivity contribution in [2.45, 2.75) is 19.4 Å². The van der Waals surface area contributed by atoms with Gasteiger partial charge < -0.3 is 10.3 Å². The molecule has 0 fully saturated rings. The minimum Gasteiger partial charge on any atom is -0.328 e. The van der Waals surface area contributed by atoms with Gasteiger partial charge in [0.05, 0.1) is 12.0 Å². The first-order valence-electron chi connectivity index (χ1n) is 5.19. The standard InChI is InChI=1S/C12H14FN3/c1-9(14)6-11-7-16(8-15-11)12-4-2-10(13)3-5-12/h2-5,7-9H,6,14H2,1H3. The van der Waals surface area contributed by atoms with Crippen molar-refractivity contribution in [1.29, 1.82) is 0 Å². The van der Waals surface area contributed by atoms with E-state index in [2.05, 4.69) is 4.98 Å². The van der Waals surface area contributed by atoms with E-state index in [1.807, 2.05) is 17.7 Å². The minimum atomic E-state index is -0.236. The molecule has 2 aromatic rings. The molecule has 0 aliphatic carbocycles. The number of benzene rings is 1. The number of aromatic nitrogens is 2. The number of imidazole rings is 1. The summed E-state index contributed by atoms with van der Waals surface area (Å²) < 4.78 is 14.6. The van der Waals surface area contributed by atoms with E-state index in [1.165, 1.54) is 12.1 Å². The second-order valence-electron chi connectivity index (χ2n) is 3.93. The highest BCUT2D eigenvalue weighted by molar-refractivity contribution is 5.32. The first kappa shape index (κ1) is 10.8. The van der Waals surface area contributed by atoms with Crippen molar-refractivity contribution in [2.75, 3.05) is 0 Å². The van der Waals surface area contributed by atoms with E-state index >= 15 is 0 Å². The van der Waals surface area contributed by atoms with E-state index in [4.69, 9.17) is 5.73 Å². The highest BCUT2D eigenvalue weighted by atomic mass is 19.1. The first-order chi connectivity index (χ1) is 7.65. The van der Waals surface area contributed by atoms with E-state index in [1.54, 1.807) is 18.5 Å². The van der Waals surface area contributed by atoms with E-state index in [9.17, 15) is 4.39 Å². The molecule has 0 aliphatic heterocycles. The Morgan fingerprint density at radius 3 is 2.69 bits per heavy atom. The Morgan fingerprint density at radius 1 is 1.38 bits per heavy atom. The van der Waals surface area contributed by atoms with Gasteiger partial charge in [-0.3, -0.25) is 0 Å². The lowest BCUT2D eigenvalue weighted by atomic mass is 10.2. The summed E-state index contributed by atoms with van der Waals surface area (Å²) in [6.45, 7) is 1.94. The van der Waals surface area contributed by atoms with Crippen LogP contribution in [-0.2, 0) is 6.42 Å². The highest BCUT2D eigenvalue weighted by Crippen LogP contribution is 2.10. The first-order valence-corrected chi connectivity index (χ1v) is 5.19. The van der Waals surface area contributed by atoms with Crippen LogP contribution in [0.25, 0.3) is 5.69 Å². The zero-order chi connectivity index (χ0) is 11.5. The maximum atomic E-state index is 12.7. The molecule has 0 spiro atoms. The van der Waals surface area contributed by atoms with Gasteiger partial charge in [0, 0.05) is 24.3 Å². The zero-order valence-electron chi connectivity index (χ0n) is 9.10. The Morgan fingerprint density at radius 2 is 2.06 bits per heavy atom. The van der Waals surface area contributed by atoms with Crippen molar-refractivity contribution < 1.29 is 4.39 Å². The number of halogens is 1. The normalized spacial score (nSPS) is 12.7. The van der Waals surface area contributed by atoms with Crippen LogP contribution in [0.15, 0.2) is 36.8 Å². The van der Waals surface area contributed by atoms with Gasteiger partial charge in [-0.25, -0.2) is 9.37 Å². The molecule has 1 aromatic carbocycles. The molecule has 0 amide bonds. The summed E-state index contributed by atoms with van der Waals surface area (Å²) in [5.41, 5.74) is 7.53. The minimum absolute atomic E-state index is 0.0940. The predicted octanol–water partition coefficient (Wildman–Crippen LogP) is 1.90. The van der Waals surface area contributed by atoms with Crippen molar-refractivity contribution in [3.63, 3.8) is 0 Å². The SMILES string of the molecule is CC(N)Cc1cn(-c2ccc(F)cc2)cn1. The predicted molar refractivity (Wildman–Crippen MR) is 60.9 cm³/mol. The fourth-order valence-corrected chi connectivity index (χ4v) is 1.55. The molecule has 84 valence electrons. The summed E-state index contributed by atoms with van der Waals surface area (Å²) in [6, 6.07) is 6.39. The fraction of sp³-hybridized carbons (Fsp3) is 0.250. The lowest BCUT2D eigenvalue weighted by Gasteiger charge is -2.01. The van der Waals surface area contributed by atoms with Gasteiger partial charge in [0.2, 0.25) is 0 Å². The van der Waals surface area contributed by atoms with Crippen molar-refractivity contribution >= 4 is 0 Å². The Labute approximate surface area is 93.7 Å². The molecular formula is C12H14FN3. The summed E-state index contributed by atoms with van der Waals surface area (Å²) in [4.78, 5) is 4.24. The highest BCUT2D eigenvalue weighted by Gasteiger charge is 2.03. The van der Waals surface area contributed by atoms with E-state index in [-0.39, 0.29) is 11.9 Å². The molecule has 0 saturated carbocycles. The monoisotopic (exact) mass is 219 g/mol. The van der Waals surface area contributed by atoms with Gasteiger partial charge in [-0.2, -0.15) is 0 Å². The van der Waals surface area contributed by atoms with Crippen LogP contribution in [0.1, 0.15) is 12.6 Å². The molecule has 1 aromatic heterocycles. The molecule has 1 heterocycles. The van der Waals surface area contributed by atoms with Gasteiger partial charge >= 0.3 is 0 Å². The van der Waals surface area contributed by atoms with E-state index in [0.717, 1.165) is 17.8 Å². The number of nitrogens with two attached hydrogens (primary N) is 1. The van der Waals surface area contributed by atoms with Gasteiger partial charge in [-0.05, 0) is 31.2 Å². The largest absolute Gasteiger partial charge is 0.328 e. The molecule has 1 unspecified atom stereocenters. The molecule has 0 bridgehead atoms. The van der Waals surface area contributed by atoms with Gasteiger partial charge in [0.1, 0.15) is 5.82 Å². The Balaban J connectivity index is 2.21. The van der Waals surface area contributed by atoms with Crippen LogP contribution in [-0.4, -0.2) is 15.6 Å². The van der Waals surface area contributed by atoms with Crippen LogP contribution in [0.2, 0.25) is 0 Å². The molecule has 1 atom stereocenters. The second kappa shape index (κ2) is 4.45. The van der Waals surface area contributed by atoms with Crippen molar-refractivity contribution in [3.05, 3.63) is 48.3 Å². The lowest BCUT2D eigenvalue weighted by molar-refractivity contribution is 0.627. The Kier molecular flexibility index (Phi) is 3.01. The summed E-state index contributed by atoms with van der Waals surface area (Å²) in [5, 5.41) is 0. The second-order valence-corrected chi connectivity index (χ2v) is 3.93. The molecule has 3 nitrogen and oxygen atoms in total. The van der Waals surface area contributed by atoms with Gasteiger partial charge in [-0.15, -0.1) is 0 Å². The van der Waals surface area contributed by atoms with Crippen molar-refractivity contribution in [3.8, 4) is 5.69 Å². The molecule has 2 N–H and O–H groups in total. The van der Waals surface area contributed by atoms with E-state index in [0.29, 0.717) is 0 Å². The van der Waals surface area contributed by atoms with Crippen molar-refractivity contribution in [2.24, 2.45) is 5.73 Å². The average molecular weight is 219 g/mol. The topological polar surface area (TPSA) is 43.8 Å². The Bertz CT molecular complexity index is 459. The maximum absolute atomic E-state index is 12.7. The average Bonchev–Trinajstić information content (AvgIpc) is 2.66. The van der Waals surface area contributed by atoms with Crippen LogP contribution in [0.3, 0.4) is 0 Å². The van der Waals surface area contributed by atoms with E-state index < -0.39 is 0 Å². The molecule has 16 heavy (non-hydrogen) atoms. The van der Waals surface area contributed by atoms with Crippen LogP contribution < -0.4 is 5.73 Å². The third-order valence-electron chi connectivity index (χ3n) is 2.29. The molecule has 2 rings (SSSR count). The van der Waals surface area contributed by atoms with Crippen LogP contribution >= 0.6 is 0 Å². The quantitative estimate of drug-likeness (QED) is 0.856. The summed E-state index contributed by atoms with van der Waals surface area (Å²) >= 11 is 0. The zero-order valence-corrected chi connectivity index (χ0v) is 9.10. The third-order valence-corrected chi connectivity index (χ3v) is 2.29. The number of rotatable bonds is 3. The van der Waals surface area contributed by atoms with Crippen LogP contribution in [0.4, 0.5) is 4.39 Å². The van der Waals surface area contributed by atoms with Crippen LogP contribution in [0, 0.1) is 5.82 Å². The number of nitrogens with zero attached hydrogens (tertiary/aromatic N) is 2. The van der Waals surface area contributed by atoms with Crippen LogP contribution in [0.5, 0.6) is 0 Å². The smallest absolute Gasteiger partial charge is 0.123 e. The number of hydrogen-bond acceptors (Lipinski definition) is 2. The molecule has 0 saturated heterocycles. The third kappa shape index (κ3) is 2.46. The molecule has 0 radical (unpaired) electrons. The van der Waals surface area contributed by atoms with Gasteiger partial charge in [0.15, 0.2) is 0 Å².